The van der Waals surface area contributed by atoms with Gasteiger partial charge >= 0.3 is 0 Å². The molecule has 5 N–H and O–H groups in total. The van der Waals surface area contributed by atoms with Crippen LogP contribution < -0.4 is 20.9 Å². The monoisotopic (exact) mass is 546 g/mol. The Hall–Kier alpha value is -4.11. The van der Waals surface area contributed by atoms with Gasteiger partial charge in [-0.15, -0.1) is 11.3 Å². The molecule has 2 unspecified atom stereocenters. The maximum atomic E-state index is 14.1. The normalized spacial score (nSPS) is 17.3. The van der Waals surface area contributed by atoms with Crippen LogP contribution in [0.15, 0.2) is 71.9 Å². The van der Waals surface area contributed by atoms with Crippen LogP contribution in [0.4, 0.5) is 9.52 Å². The van der Waals surface area contributed by atoms with E-state index in [1.807, 2.05) is 48.5 Å². The van der Waals surface area contributed by atoms with E-state index < -0.39 is 5.82 Å². The number of anilines is 1. The highest BCUT2D eigenvalue weighted by Crippen LogP contribution is 2.46. The average Bonchev–Trinajstić information content (AvgIpc) is 3.55. The molecule has 0 bridgehead atoms. The first-order valence-electron chi connectivity index (χ1n) is 12.9. The van der Waals surface area contributed by atoms with Gasteiger partial charge in [-0.25, -0.2) is 9.37 Å². The van der Waals surface area contributed by atoms with Crippen LogP contribution in [0.25, 0.3) is 11.3 Å². The van der Waals surface area contributed by atoms with Crippen LogP contribution in [0.1, 0.15) is 53.7 Å². The van der Waals surface area contributed by atoms with E-state index in [1.54, 1.807) is 17.4 Å². The molecule has 39 heavy (non-hydrogen) atoms. The molecule has 0 radical (unpaired) electrons. The molecule has 1 heterocycles. The smallest absolute Gasteiger partial charge is 0.180 e. The van der Waals surface area contributed by atoms with E-state index in [0.717, 1.165) is 28.1 Å². The number of nitrogens with two attached hydrogens (primary N) is 2. The van der Waals surface area contributed by atoms with Crippen molar-refractivity contribution in [3.63, 3.8) is 0 Å². The molecule has 9 heteroatoms. The Morgan fingerprint density at radius 1 is 1.00 bits per heavy atom. The predicted octanol–water partition coefficient (Wildman–Crippen LogP) is 6.69. The van der Waals surface area contributed by atoms with Gasteiger partial charge in [0.1, 0.15) is 30.5 Å². The van der Waals surface area contributed by atoms with Gasteiger partial charge in [0, 0.05) is 16.5 Å². The molecular weight excluding hydrogens is 515 g/mol. The summed E-state index contributed by atoms with van der Waals surface area (Å²) in [4.78, 5) is 5.96. The summed E-state index contributed by atoms with van der Waals surface area (Å²) >= 11 is 1.62. The Labute approximate surface area is 230 Å². The molecular formula is C30H31FN4O3S. The van der Waals surface area contributed by atoms with Crippen molar-refractivity contribution in [2.75, 3.05) is 5.73 Å². The number of benzene rings is 3. The summed E-state index contributed by atoms with van der Waals surface area (Å²) in [5.41, 5.74) is 15.6. The van der Waals surface area contributed by atoms with Gasteiger partial charge in [0.05, 0.1) is 11.3 Å². The molecule has 4 aromatic rings. The van der Waals surface area contributed by atoms with Gasteiger partial charge in [0.25, 0.3) is 0 Å². The minimum atomic E-state index is -0.622. The van der Waals surface area contributed by atoms with Crippen molar-refractivity contribution >= 4 is 22.3 Å². The standard InChI is InChI=1S/C30H31FN4O3S/c1-18-3-2-4-24(18)28-27(34-30(33)39-28)21-9-11-22(12-10-21)37-16-19-5-7-20(8-6-19)17-38-23-13-14-25(26(31)15-23)29(32)35-36/h5-15,18,24,36H,2-4,16-17H2,1H3,(H2,32,35)(H2,33,34). The van der Waals surface area contributed by atoms with Crippen LogP contribution in [0.2, 0.25) is 0 Å². The molecule has 1 saturated carbocycles. The van der Waals surface area contributed by atoms with E-state index in [-0.39, 0.29) is 18.0 Å². The first kappa shape index (κ1) is 26.5. The van der Waals surface area contributed by atoms with Crippen molar-refractivity contribution in [1.29, 1.82) is 0 Å². The number of hydrogen-bond donors (Lipinski definition) is 3. The molecule has 0 aliphatic heterocycles. The second-order valence-electron chi connectivity index (χ2n) is 9.82. The van der Waals surface area contributed by atoms with Crippen LogP contribution in [0, 0.1) is 11.7 Å². The highest BCUT2D eigenvalue weighted by atomic mass is 32.1. The van der Waals surface area contributed by atoms with Gasteiger partial charge < -0.3 is 26.1 Å². The lowest BCUT2D eigenvalue weighted by atomic mass is 9.94. The highest BCUT2D eigenvalue weighted by molar-refractivity contribution is 7.15. The Bertz CT molecular complexity index is 1450. The summed E-state index contributed by atoms with van der Waals surface area (Å²) < 4.78 is 25.8. The first-order chi connectivity index (χ1) is 18.9. The molecule has 1 aliphatic rings. The van der Waals surface area contributed by atoms with E-state index in [2.05, 4.69) is 17.1 Å². The molecule has 7 nitrogen and oxygen atoms in total. The molecule has 202 valence electrons. The maximum absolute atomic E-state index is 14.1. The Morgan fingerprint density at radius 3 is 2.23 bits per heavy atom. The molecule has 1 aliphatic carbocycles. The number of oxime groups is 1. The Kier molecular flexibility index (Phi) is 7.97. The Morgan fingerprint density at radius 2 is 1.64 bits per heavy atom. The number of hydrogen-bond acceptors (Lipinski definition) is 7. The molecule has 0 amide bonds. The van der Waals surface area contributed by atoms with Crippen molar-refractivity contribution in [3.05, 3.63) is 94.1 Å². The molecule has 2 atom stereocenters. The molecule has 0 spiro atoms. The minimum absolute atomic E-state index is 0.0140. The third kappa shape index (κ3) is 6.15. The third-order valence-electron chi connectivity index (χ3n) is 7.15. The van der Waals surface area contributed by atoms with Gasteiger partial charge in [-0.3, -0.25) is 0 Å². The fraction of sp³-hybridized carbons (Fsp3) is 0.267. The van der Waals surface area contributed by atoms with Gasteiger partial charge in [-0.1, -0.05) is 49.2 Å². The minimum Gasteiger partial charge on any atom is -0.489 e. The summed E-state index contributed by atoms with van der Waals surface area (Å²) in [5.74, 6) is 1.41. The predicted molar refractivity (Wildman–Crippen MR) is 152 cm³/mol. The molecule has 3 aromatic carbocycles. The van der Waals surface area contributed by atoms with Crippen molar-refractivity contribution in [1.82, 2.24) is 4.98 Å². The zero-order valence-electron chi connectivity index (χ0n) is 21.6. The fourth-order valence-corrected chi connectivity index (χ4v) is 6.09. The number of amidine groups is 1. The second-order valence-corrected chi connectivity index (χ2v) is 10.9. The van der Waals surface area contributed by atoms with E-state index >= 15 is 0 Å². The molecule has 0 saturated heterocycles. The average molecular weight is 547 g/mol. The number of thiazole rings is 1. The number of ether oxygens (including phenoxy) is 2. The largest absolute Gasteiger partial charge is 0.489 e. The van der Waals surface area contributed by atoms with Crippen molar-refractivity contribution < 1.29 is 19.1 Å². The summed E-state index contributed by atoms with van der Waals surface area (Å²) in [6, 6.07) is 20.1. The second kappa shape index (κ2) is 11.7. The number of halogens is 1. The quantitative estimate of drug-likeness (QED) is 0.0932. The third-order valence-corrected chi connectivity index (χ3v) is 8.17. The zero-order chi connectivity index (χ0) is 27.4. The number of nitrogens with zero attached hydrogens (tertiary/aromatic N) is 2. The first-order valence-corrected chi connectivity index (χ1v) is 13.7. The van der Waals surface area contributed by atoms with E-state index in [4.69, 9.17) is 26.1 Å². The van der Waals surface area contributed by atoms with Gasteiger partial charge in [-0.05, 0) is 65.8 Å². The van der Waals surface area contributed by atoms with Crippen LogP contribution >= 0.6 is 11.3 Å². The van der Waals surface area contributed by atoms with Crippen molar-refractivity contribution in [3.8, 4) is 22.8 Å². The van der Waals surface area contributed by atoms with Crippen molar-refractivity contribution in [2.45, 2.75) is 45.3 Å². The van der Waals surface area contributed by atoms with Crippen LogP contribution in [-0.2, 0) is 13.2 Å². The summed E-state index contributed by atoms with van der Waals surface area (Å²) in [7, 11) is 0. The number of nitrogen functional groups attached to an aromatic ring is 1. The van der Waals surface area contributed by atoms with E-state index in [9.17, 15) is 4.39 Å². The SMILES string of the molecule is CC1CCCC1c1sc(N)nc1-c1ccc(OCc2ccc(COc3ccc(C(N)=NO)c(F)c3)cc2)cc1. The zero-order valence-corrected chi connectivity index (χ0v) is 22.5. The molecule has 1 fully saturated rings. The van der Waals surface area contributed by atoms with Gasteiger partial charge in [0.15, 0.2) is 11.0 Å². The topological polar surface area (TPSA) is 116 Å². The van der Waals surface area contributed by atoms with Gasteiger partial charge in [0.2, 0.25) is 0 Å². The number of rotatable bonds is 9. The highest BCUT2D eigenvalue weighted by Gasteiger charge is 2.29. The molecule has 5 rings (SSSR count). The summed E-state index contributed by atoms with van der Waals surface area (Å²) in [6.07, 6.45) is 3.72. The summed E-state index contributed by atoms with van der Waals surface area (Å²) in [5, 5.41) is 12.2. The summed E-state index contributed by atoms with van der Waals surface area (Å²) in [6.45, 7) is 3.02. The van der Waals surface area contributed by atoms with Gasteiger partial charge in [-0.2, -0.15) is 0 Å². The lowest BCUT2D eigenvalue weighted by molar-refractivity contribution is 0.301. The van der Waals surface area contributed by atoms with Crippen LogP contribution in [0.5, 0.6) is 11.5 Å². The van der Waals surface area contributed by atoms with Crippen LogP contribution in [-0.4, -0.2) is 16.0 Å². The van der Waals surface area contributed by atoms with Crippen LogP contribution in [0.3, 0.4) is 0 Å². The fourth-order valence-electron chi connectivity index (χ4n) is 4.96. The molecule has 1 aromatic heterocycles. The lowest BCUT2D eigenvalue weighted by Gasteiger charge is -2.15. The van der Waals surface area contributed by atoms with E-state index in [0.29, 0.717) is 29.3 Å². The van der Waals surface area contributed by atoms with Crippen molar-refractivity contribution in [2.24, 2.45) is 16.8 Å². The maximum Gasteiger partial charge on any atom is 0.180 e. The number of aromatic nitrogens is 1. The Balaban J connectivity index is 1.16. The van der Waals surface area contributed by atoms with E-state index in [1.165, 1.54) is 36.3 Å². The lowest BCUT2D eigenvalue weighted by Crippen LogP contribution is -2.15.